The van der Waals surface area contributed by atoms with Gasteiger partial charge in [-0.3, -0.25) is 4.98 Å². The Morgan fingerprint density at radius 3 is 2.84 bits per heavy atom. The summed E-state index contributed by atoms with van der Waals surface area (Å²) in [5.41, 5.74) is 1.11. The van der Waals surface area contributed by atoms with E-state index in [1.54, 1.807) is 25.1 Å². The van der Waals surface area contributed by atoms with Crippen LogP contribution in [0.1, 0.15) is 16.1 Å². The van der Waals surface area contributed by atoms with Crippen LogP contribution in [0.2, 0.25) is 0 Å². The number of hydrogen-bond acceptors (Lipinski definition) is 3. The molecular weight excluding hydrogens is 315 g/mol. The Morgan fingerprint density at radius 1 is 1.47 bits per heavy atom. The van der Waals surface area contributed by atoms with E-state index in [0.29, 0.717) is 15.9 Å². The van der Waals surface area contributed by atoms with Crippen molar-refractivity contribution in [1.29, 1.82) is 0 Å². The highest BCUT2D eigenvalue weighted by atomic mass is 79.9. The van der Waals surface area contributed by atoms with Crippen molar-refractivity contribution in [3.05, 3.63) is 52.0 Å². The number of carboxylic acid groups (broad SMARTS) is 1. The molecule has 0 spiro atoms. The zero-order valence-corrected chi connectivity index (χ0v) is 11.5. The van der Waals surface area contributed by atoms with E-state index in [9.17, 15) is 9.18 Å². The smallest absolute Gasteiger partial charge is 0.339 e. The Labute approximate surface area is 117 Å². The number of para-hydroxylation sites is 1. The Hall–Kier alpha value is -1.95. The zero-order chi connectivity index (χ0) is 14.0. The predicted octanol–water partition coefficient (Wildman–Crippen LogP) is 3.73. The number of nitrogens with zero attached hydrogens (tertiary/aromatic N) is 1. The summed E-state index contributed by atoms with van der Waals surface area (Å²) in [6, 6.07) is 6.07. The van der Waals surface area contributed by atoms with Gasteiger partial charge in [-0.15, -0.1) is 0 Å². The molecule has 0 radical (unpaired) electrons. The van der Waals surface area contributed by atoms with Crippen molar-refractivity contribution in [1.82, 2.24) is 4.98 Å². The van der Waals surface area contributed by atoms with Crippen LogP contribution in [-0.2, 0) is 0 Å². The van der Waals surface area contributed by atoms with Gasteiger partial charge in [-0.1, -0.05) is 6.07 Å². The lowest BCUT2D eigenvalue weighted by atomic mass is 10.2. The summed E-state index contributed by atoms with van der Waals surface area (Å²) in [7, 11) is 0. The minimum Gasteiger partial charge on any atom is -0.478 e. The van der Waals surface area contributed by atoms with Gasteiger partial charge >= 0.3 is 5.97 Å². The van der Waals surface area contributed by atoms with Crippen LogP contribution >= 0.6 is 15.9 Å². The molecule has 6 heteroatoms. The molecule has 2 N–H and O–H groups in total. The molecule has 19 heavy (non-hydrogen) atoms. The molecule has 0 saturated carbocycles. The number of pyridine rings is 1. The van der Waals surface area contributed by atoms with E-state index < -0.39 is 11.8 Å². The lowest BCUT2D eigenvalue weighted by Gasteiger charge is -2.12. The fourth-order valence-electron chi connectivity index (χ4n) is 1.59. The molecule has 0 unspecified atom stereocenters. The number of rotatable bonds is 3. The van der Waals surface area contributed by atoms with Crippen LogP contribution in [0.15, 0.2) is 34.9 Å². The van der Waals surface area contributed by atoms with Crippen molar-refractivity contribution in [2.45, 2.75) is 6.92 Å². The molecule has 0 atom stereocenters. The molecular formula is C13H10BrFN2O2. The van der Waals surface area contributed by atoms with Gasteiger partial charge in [0, 0.05) is 16.4 Å². The quantitative estimate of drug-likeness (QED) is 0.902. The molecule has 0 aliphatic rings. The third-order valence-corrected chi connectivity index (χ3v) is 3.15. The summed E-state index contributed by atoms with van der Waals surface area (Å²) < 4.78 is 14.2. The van der Waals surface area contributed by atoms with Gasteiger partial charge in [0.15, 0.2) is 0 Å². The number of carboxylic acids is 1. The monoisotopic (exact) mass is 324 g/mol. The van der Waals surface area contributed by atoms with Gasteiger partial charge in [0.1, 0.15) is 11.4 Å². The second-order valence-electron chi connectivity index (χ2n) is 3.90. The van der Waals surface area contributed by atoms with Crippen LogP contribution < -0.4 is 5.32 Å². The Bertz CT molecular complexity index is 626. The van der Waals surface area contributed by atoms with Crippen LogP contribution in [0.4, 0.5) is 15.8 Å². The van der Waals surface area contributed by atoms with Gasteiger partial charge in [-0.25, -0.2) is 9.18 Å². The molecule has 0 aliphatic heterocycles. The van der Waals surface area contributed by atoms with Gasteiger partial charge in [-0.05, 0) is 41.1 Å². The van der Waals surface area contributed by atoms with Gasteiger partial charge in [0.2, 0.25) is 0 Å². The molecule has 0 bridgehead atoms. The number of nitrogens with one attached hydrogen (secondary N) is 1. The van der Waals surface area contributed by atoms with E-state index in [1.165, 1.54) is 12.3 Å². The number of benzene rings is 1. The van der Waals surface area contributed by atoms with Gasteiger partial charge in [-0.2, -0.15) is 0 Å². The molecule has 2 rings (SSSR count). The maximum atomic E-state index is 13.7. The molecule has 1 aromatic carbocycles. The van der Waals surface area contributed by atoms with E-state index in [2.05, 4.69) is 26.2 Å². The van der Waals surface area contributed by atoms with E-state index >= 15 is 0 Å². The number of aromatic nitrogens is 1. The van der Waals surface area contributed by atoms with Crippen LogP contribution in [0.3, 0.4) is 0 Å². The average Bonchev–Trinajstić information content (AvgIpc) is 2.33. The molecule has 0 aliphatic carbocycles. The Morgan fingerprint density at radius 2 is 2.21 bits per heavy atom. The second-order valence-corrected chi connectivity index (χ2v) is 4.75. The van der Waals surface area contributed by atoms with Crippen molar-refractivity contribution in [3.63, 3.8) is 0 Å². The van der Waals surface area contributed by atoms with Crippen molar-refractivity contribution < 1.29 is 14.3 Å². The molecule has 0 fully saturated rings. The minimum atomic E-state index is -1.12. The first-order valence-electron chi connectivity index (χ1n) is 5.40. The highest BCUT2D eigenvalue weighted by molar-refractivity contribution is 9.10. The van der Waals surface area contributed by atoms with E-state index in [0.717, 1.165) is 0 Å². The fourth-order valence-corrected chi connectivity index (χ4v) is 2.03. The van der Waals surface area contributed by atoms with Gasteiger partial charge in [0.25, 0.3) is 0 Å². The summed E-state index contributed by atoms with van der Waals surface area (Å²) in [6.07, 6.45) is 1.24. The molecule has 1 aromatic heterocycles. The third-order valence-electron chi connectivity index (χ3n) is 2.49. The number of anilines is 2. The maximum absolute atomic E-state index is 13.7. The first kappa shape index (κ1) is 13.5. The fraction of sp³-hybridized carbons (Fsp3) is 0.0769. The Kier molecular flexibility index (Phi) is 3.80. The van der Waals surface area contributed by atoms with Crippen molar-refractivity contribution in [2.24, 2.45) is 0 Å². The molecule has 1 heterocycles. The number of aromatic carboxylic acids is 1. The summed E-state index contributed by atoms with van der Waals surface area (Å²) in [5.74, 6) is -1.59. The molecule has 2 aromatic rings. The first-order chi connectivity index (χ1) is 8.99. The normalized spacial score (nSPS) is 10.3. The lowest BCUT2D eigenvalue weighted by Crippen LogP contribution is -2.05. The van der Waals surface area contributed by atoms with Gasteiger partial charge in [0.05, 0.1) is 11.4 Å². The summed E-state index contributed by atoms with van der Waals surface area (Å²) >= 11 is 3.22. The molecule has 0 saturated heterocycles. The number of aryl methyl sites for hydroxylation is 1. The second kappa shape index (κ2) is 5.36. The molecule has 98 valence electrons. The zero-order valence-electron chi connectivity index (χ0n) is 9.95. The van der Waals surface area contributed by atoms with Crippen LogP contribution in [0.25, 0.3) is 0 Å². The summed E-state index contributed by atoms with van der Waals surface area (Å²) in [5, 5.41) is 11.9. The number of hydrogen-bond donors (Lipinski definition) is 2. The minimum absolute atomic E-state index is 0.0132. The van der Waals surface area contributed by atoms with E-state index in [-0.39, 0.29) is 11.3 Å². The van der Waals surface area contributed by atoms with Crippen molar-refractivity contribution in [3.8, 4) is 0 Å². The number of halogens is 2. The van der Waals surface area contributed by atoms with E-state index in [1.807, 2.05) is 0 Å². The largest absolute Gasteiger partial charge is 0.478 e. The van der Waals surface area contributed by atoms with Crippen LogP contribution in [-0.4, -0.2) is 16.1 Å². The molecule has 4 nitrogen and oxygen atoms in total. The van der Waals surface area contributed by atoms with Gasteiger partial charge < -0.3 is 10.4 Å². The topological polar surface area (TPSA) is 62.2 Å². The van der Waals surface area contributed by atoms with Crippen molar-refractivity contribution in [2.75, 3.05) is 5.32 Å². The maximum Gasteiger partial charge on any atom is 0.339 e. The standard InChI is InChI=1S/C13H10BrFN2O2/c1-7-5-11(8(6-16-7)13(18)19)17-12-9(14)3-2-4-10(12)15/h2-6H,1H3,(H,16,17)(H,18,19). The van der Waals surface area contributed by atoms with Crippen molar-refractivity contribution >= 4 is 33.3 Å². The lowest BCUT2D eigenvalue weighted by molar-refractivity contribution is 0.0697. The summed E-state index contributed by atoms with van der Waals surface area (Å²) in [6.45, 7) is 1.73. The third kappa shape index (κ3) is 2.90. The Balaban J connectivity index is 2.49. The predicted molar refractivity (Wildman–Crippen MR) is 73.3 cm³/mol. The van der Waals surface area contributed by atoms with Crippen LogP contribution in [0, 0.1) is 12.7 Å². The molecule has 0 amide bonds. The highest BCUT2D eigenvalue weighted by Crippen LogP contribution is 2.30. The van der Waals surface area contributed by atoms with Crippen LogP contribution in [0.5, 0.6) is 0 Å². The van der Waals surface area contributed by atoms with E-state index in [4.69, 9.17) is 5.11 Å². The summed E-state index contributed by atoms with van der Waals surface area (Å²) in [4.78, 5) is 15.0. The highest BCUT2D eigenvalue weighted by Gasteiger charge is 2.14. The SMILES string of the molecule is Cc1cc(Nc2c(F)cccc2Br)c(C(=O)O)cn1. The average molecular weight is 325 g/mol. The number of carbonyl (C=O) groups is 1. The first-order valence-corrected chi connectivity index (χ1v) is 6.19.